The summed E-state index contributed by atoms with van der Waals surface area (Å²) in [6, 6.07) is 18.1. The summed E-state index contributed by atoms with van der Waals surface area (Å²) in [6.07, 6.45) is 0.322. The summed E-state index contributed by atoms with van der Waals surface area (Å²) in [6.45, 7) is 0.500. The van der Waals surface area contributed by atoms with Crippen LogP contribution in [0.2, 0.25) is 0 Å². The minimum Gasteiger partial charge on any atom is -0.488 e. The summed E-state index contributed by atoms with van der Waals surface area (Å²) < 4.78 is 6.13. The average Bonchev–Trinajstić information content (AvgIpc) is 3.43. The van der Waals surface area contributed by atoms with E-state index >= 15 is 0 Å². The molecule has 2 aliphatic heterocycles. The number of amides is 1. The van der Waals surface area contributed by atoms with Gasteiger partial charge in [0.2, 0.25) is 5.91 Å². The highest BCUT2D eigenvalue weighted by molar-refractivity contribution is 8.00. The highest BCUT2D eigenvalue weighted by Crippen LogP contribution is 2.40. The number of H-pyrrole nitrogens is 1. The van der Waals surface area contributed by atoms with Crippen molar-refractivity contribution in [1.82, 2.24) is 20.2 Å². The number of thioether (sulfide) groups is 1. The molecule has 2 unspecified atom stereocenters. The number of hydrogen-bond donors (Lipinski definition) is 3. The Labute approximate surface area is 231 Å². The maximum Gasteiger partial charge on any atom is 0.352 e. The molecule has 39 heavy (non-hydrogen) atoms. The molecule has 4 aromatic rings. The molecule has 9 nitrogen and oxygen atoms in total. The van der Waals surface area contributed by atoms with Gasteiger partial charge in [0.25, 0.3) is 5.56 Å². The second-order valence-electron chi connectivity index (χ2n) is 9.26. The first-order valence-electron chi connectivity index (χ1n) is 12.3. The number of carbonyl (C=O) groups excluding carboxylic acids is 1. The molecule has 2 aromatic heterocycles. The molecule has 11 heteroatoms. The molecule has 0 saturated carbocycles. The van der Waals surface area contributed by atoms with Crippen molar-refractivity contribution >= 4 is 45.9 Å². The van der Waals surface area contributed by atoms with Crippen LogP contribution >= 0.6 is 23.1 Å². The Morgan fingerprint density at radius 2 is 1.95 bits per heavy atom. The topological polar surface area (TPSA) is 125 Å². The van der Waals surface area contributed by atoms with Gasteiger partial charge in [-0.2, -0.15) is 0 Å². The number of aliphatic carboxylic acids is 1. The highest BCUT2D eigenvalue weighted by Gasteiger charge is 2.46. The van der Waals surface area contributed by atoms with Crippen LogP contribution in [0.4, 0.5) is 0 Å². The molecule has 198 valence electrons. The van der Waals surface area contributed by atoms with Gasteiger partial charge >= 0.3 is 5.97 Å². The first-order valence-corrected chi connectivity index (χ1v) is 14.3. The predicted octanol–water partition coefficient (Wildman–Crippen LogP) is 3.49. The number of aromatic nitrogens is 2. The first-order chi connectivity index (χ1) is 19.0. The third-order valence-electron chi connectivity index (χ3n) is 6.72. The summed E-state index contributed by atoms with van der Waals surface area (Å²) in [5.41, 5.74) is 1.81. The van der Waals surface area contributed by atoms with E-state index in [1.165, 1.54) is 11.3 Å². The lowest BCUT2D eigenvalue weighted by Crippen LogP contribution is -2.66. The SMILES string of the molecule is O=C(Cc1cccs1)NC1CN2C(C(=O)O)=C(COc3ccccc3-c3nc4ccccc4c(=O)[nH]3)CSC12. The fourth-order valence-electron chi connectivity index (χ4n) is 4.86. The Balaban J connectivity index is 1.18. The molecule has 0 radical (unpaired) electrons. The summed E-state index contributed by atoms with van der Waals surface area (Å²) in [5, 5.41) is 15.4. The number of nitrogens with zero attached hydrogens (tertiary/aromatic N) is 2. The van der Waals surface area contributed by atoms with E-state index in [9.17, 15) is 19.5 Å². The molecule has 6 rings (SSSR count). The summed E-state index contributed by atoms with van der Waals surface area (Å²) >= 11 is 3.13. The third-order valence-corrected chi connectivity index (χ3v) is 9.03. The number of nitrogens with one attached hydrogen (secondary N) is 2. The number of ether oxygens (including phenoxy) is 1. The van der Waals surface area contributed by atoms with Gasteiger partial charge in [0.1, 0.15) is 23.9 Å². The minimum absolute atomic E-state index is 0.0605. The fourth-order valence-corrected chi connectivity index (χ4v) is 6.92. The minimum atomic E-state index is -1.02. The molecule has 1 fully saturated rings. The van der Waals surface area contributed by atoms with Gasteiger partial charge in [-0.25, -0.2) is 9.78 Å². The Morgan fingerprint density at radius 1 is 1.13 bits per heavy atom. The lowest BCUT2D eigenvalue weighted by atomic mass is 10.0. The summed E-state index contributed by atoms with van der Waals surface area (Å²) in [4.78, 5) is 47.6. The van der Waals surface area contributed by atoms with E-state index in [0.29, 0.717) is 52.3 Å². The lowest BCUT2D eigenvalue weighted by Gasteiger charge is -2.52. The molecule has 4 heterocycles. The van der Waals surface area contributed by atoms with Crippen molar-refractivity contribution < 1.29 is 19.4 Å². The molecular weight excluding hydrogens is 536 g/mol. The number of benzene rings is 2. The van der Waals surface area contributed by atoms with Crippen LogP contribution in [0.3, 0.4) is 0 Å². The van der Waals surface area contributed by atoms with Crippen LogP contribution in [-0.4, -0.2) is 62.2 Å². The number of aromatic amines is 1. The molecule has 2 aromatic carbocycles. The highest BCUT2D eigenvalue weighted by atomic mass is 32.2. The zero-order valence-corrected chi connectivity index (χ0v) is 22.3. The van der Waals surface area contributed by atoms with Gasteiger partial charge in [0, 0.05) is 22.7 Å². The standard InChI is InChI=1S/C28H24N4O5S2/c33-23(12-17-6-5-11-38-17)29-21-13-32-24(28(35)36)16(15-39-27(21)32)14-37-22-10-4-2-8-19(22)25-30-20-9-3-1-7-18(20)26(34)31-25/h1-11,21,27H,12-15H2,(H,29,33)(H,35,36)(H,30,31,34). The number of carboxylic acids is 1. The molecule has 2 atom stereocenters. The molecule has 0 aliphatic carbocycles. The van der Waals surface area contributed by atoms with Gasteiger partial charge in [-0.3, -0.25) is 9.59 Å². The van der Waals surface area contributed by atoms with Crippen LogP contribution in [0.25, 0.3) is 22.3 Å². The number of carboxylic acid groups (broad SMARTS) is 1. The van der Waals surface area contributed by atoms with Crippen LogP contribution in [0.15, 0.2) is 82.1 Å². The van der Waals surface area contributed by atoms with E-state index in [-0.39, 0.29) is 35.2 Å². The molecule has 2 aliphatic rings. The Morgan fingerprint density at radius 3 is 2.77 bits per heavy atom. The third kappa shape index (κ3) is 5.02. The quantitative estimate of drug-likeness (QED) is 0.299. The maximum atomic E-state index is 12.6. The van der Waals surface area contributed by atoms with Gasteiger partial charge in [-0.05, 0) is 35.7 Å². The normalized spacial score (nSPS) is 18.4. The summed E-state index contributed by atoms with van der Waals surface area (Å²) in [7, 11) is 0. The van der Waals surface area contributed by atoms with Crippen LogP contribution < -0.4 is 15.6 Å². The monoisotopic (exact) mass is 560 g/mol. The van der Waals surface area contributed by atoms with Gasteiger partial charge in [-0.15, -0.1) is 23.1 Å². The number of carbonyl (C=O) groups is 2. The number of para-hydroxylation sites is 2. The summed E-state index contributed by atoms with van der Waals surface area (Å²) in [5.74, 6) is 0.255. The van der Waals surface area contributed by atoms with Crippen molar-refractivity contribution in [1.29, 1.82) is 0 Å². The molecule has 0 spiro atoms. The van der Waals surface area contributed by atoms with Crippen LogP contribution in [0.1, 0.15) is 4.88 Å². The van der Waals surface area contributed by atoms with E-state index in [4.69, 9.17) is 4.74 Å². The van der Waals surface area contributed by atoms with Crippen molar-refractivity contribution in [3.63, 3.8) is 0 Å². The molecular formula is C28H24N4O5S2. The van der Waals surface area contributed by atoms with Gasteiger partial charge in [0.05, 0.1) is 34.3 Å². The molecule has 1 amide bonds. The van der Waals surface area contributed by atoms with E-state index in [1.807, 2.05) is 40.6 Å². The number of hydrogen-bond acceptors (Lipinski definition) is 8. The van der Waals surface area contributed by atoms with E-state index < -0.39 is 5.97 Å². The van der Waals surface area contributed by atoms with Crippen molar-refractivity contribution in [3.05, 3.63) is 92.5 Å². The van der Waals surface area contributed by atoms with E-state index in [2.05, 4.69) is 15.3 Å². The van der Waals surface area contributed by atoms with Gasteiger partial charge in [0.15, 0.2) is 0 Å². The van der Waals surface area contributed by atoms with E-state index in [1.54, 1.807) is 42.1 Å². The van der Waals surface area contributed by atoms with E-state index in [0.717, 1.165) is 4.88 Å². The molecule has 1 saturated heterocycles. The average molecular weight is 561 g/mol. The van der Waals surface area contributed by atoms with Crippen molar-refractivity contribution in [2.24, 2.45) is 0 Å². The van der Waals surface area contributed by atoms with Gasteiger partial charge < -0.3 is 25.0 Å². The second kappa shape index (κ2) is 10.6. The van der Waals surface area contributed by atoms with Crippen molar-refractivity contribution in [2.45, 2.75) is 17.8 Å². The number of thiophene rings is 1. The van der Waals surface area contributed by atoms with Crippen molar-refractivity contribution in [3.8, 4) is 17.1 Å². The molecule has 3 N–H and O–H groups in total. The van der Waals surface area contributed by atoms with Crippen molar-refractivity contribution in [2.75, 3.05) is 18.9 Å². The second-order valence-corrected chi connectivity index (χ2v) is 11.4. The maximum absolute atomic E-state index is 12.6. The van der Waals surface area contributed by atoms with Crippen LogP contribution in [0, 0.1) is 0 Å². The Bertz CT molecular complexity index is 1650. The van der Waals surface area contributed by atoms with Gasteiger partial charge in [-0.1, -0.05) is 30.3 Å². The largest absolute Gasteiger partial charge is 0.488 e. The molecule has 0 bridgehead atoms. The fraction of sp³-hybridized carbons (Fsp3) is 0.214. The predicted molar refractivity (Wildman–Crippen MR) is 151 cm³/mol. The van der Waals surface area contributed by atoms with Crippen LogP contribution in [0.5, 0.6) is 5.75 Å². The zero-order chi connectivity index (χ0) is 26.9. The lowest BCUT2D eigenvalue weighted by molar-refractivity contribution is -0.135. The number of fused-ring (bicyclic) bond motifs is 2. The van der Waals surface area contributed by atoms with Crippen LogP contribution in [-0.2, 0) is 16.0 Å². The number of rotatable bonds is 8. The zero-order valence-electron chi connectivity index (χ0n) is 20.6. The Hall–Kier alpha value is -4.09. The Kier molecular flexibility index (Phi) is 6.84. The first kappa shape index (κ1) is 25.2. The smallest absolute Gasteiger partial charge is 0.352 e.